The highest BCUT2D eigenvalue weighted by molar-refractivity contribution is 5.64. The van der Waals surface area contributed by atoms with Gasteiger partial charge < -0.3 is 14.5 Å². The van der Waals surface area contributed by atoms with E-state index in [2.05, 4.69) is 88.7 Å². The quantitative estimate of drug-likeness (QED) is 0.239. The number of rotatable bonds is 7. The largest absolute Gasteiger partial charge is 0.480 e. The molecule has 0 saturated heterocycles. The molecule has 204 valence electrons. The summed E-state index contributed by atoms with van der Waals surface area (Å²) in [6.07, 6.45) is 3.76. The van der Waals surface area contributed by atoms with Gasteiger partial charge in [-0.3, -0.25) is 0 Å². The fourth-order valence-corrected chi connectivity index (χ4v) is 4.97. The SMILES string of the molecule is CN(C)c1ccc(C(c2ccc(/C=C/C3=C(C#N)C(=C(C#N)C#N)OC3(C)C)cc2)c2ccc(N(C)C)cc2)cc1. The van der Waals surface area contributed by atoms with Gasteiger partial charge in [-0.05, 0) is 60.4 Å². The molecule has 0 spiro atoms. The van der Waals surface area contributed by atoms with Gasteiger partial charge in [0.1, 0.15) is 29.4 Å². The summed E-state index contributed by atoms with van der Waals surface area (Å²) < 4.78 is 5.87. The second-order valence-electron chi connectivity index (χ2n) is 10.8. The minimum Gasteiger partial charge on any atom is -0.480 e. The molecule has 0 fully saturated rings. The molecule has 0 unspecified atom stereocenters. The zero-order valence-electron chi connectivity index (χ0n) is 24.3. The molecule has 3 aromatic carbocycles. The molecule has 0 saturated carbocycles. The minimum absolute atomic E-state index is 0.0425. The molecule has 1 aliphatic rings. The van der Waals surface area contributed by atoms with E-state index in [0.717, 1.165) is 22.5 Å². The van der Waals surface area contributed by atoms with E-state index in [1.165, 1.54) is 11.1 Å². The molecule has 0 bridgehead atoms. The van der Waals surface area contributed by atoms with Gasteiger partial charge in [0, 0.05) is 51.1 Å². The molecule has 41 heavy (non-hydrogen) atoms. The Bertz CT molecular complexity index is 1570. The van der Waals surface area contributed by atoms with E-state index < -0.39 is 5.60 Å². The number of hydrogen-bond donors (Lipinski definition) is 0. The summed E-state index contributed by atoms with van der Waals surface area (Å²) in [6, 6.07) is 31.5. The van der Waals surface area contributed by atoms with Crippen LogP contribution >= 0.6 is 0 Å². The van der Waals surface area contributed by atoms with Gasteiger partial charge in [-0.25, -0.2) is 0 Å². The van der Waals surface area contributed by atoms with Crippen LogP contribution < -0.4 is 9.80 Å². The molecule has 1 heterocycles. The Hall–Kier alpha value is -5.25. The Balaban J connectivity index is 1.71. The van der Waals surface area contributed by atoms with E-state index in [0.29, 0.717) is 5.57 Å². The minimum atomic E-state index is -0.849. The molecule has 6 heteroatoms. The monoisotopic (exact) mass is 539 g/mol. The van der Waals surface area contributed by atoms with Crippen molar-refractivity contribution in [1.29, 1.82) is 15.8 Å². The standard InChI is InChI=1S/C35H33N5O/c1-35(2)32(31(23-38)34(41-35)28(21-36)22-37)20-9-24-7-10-25(11-8-24)33(26-12-16-29(17-13-26)39(3)4)27-14-18-30(19-15-27)40(5)6/h7-20,33H,1-6H3/b20-9+. The summed E-state index contributed by atoms with van der Waals surface area (Å²) >= 11 is 0. The first kappa shape index (κ1) is 28.8. The average molecular weight is 540 g/mol. The lowest BCUT2D eigenvalue weighted by Gasteiger charge is -2.22. The normalized spacial score (nSPS) is 13.9. The Morgan fingerprint density at radius 3 is 1.54 bits per heavy atom. The first-order valence-corrected chi connectivity index (χ1v) is 13.3. The molecule has 4 rings (SSSR count). The van der Waals surface area contributed by atoms with Crippen LogP contribution in [0.3, 0.4) is 0 Å². The lowest BCUT2D eigenvalue weighted by Crippen LogP contribution is -2.20. The second-order valence-corrected chi connectivity index (χ2v) is 10.8. The second kappa shape index (κ2) is 11.9. The number of allylic oxidation sites excluding steroid dienone is 2. The molecule has 0 aromatic heterocycles. The van der Waals surface area contributed by atoms with Crippen LogP contribution in [0.5, 0.6) is 0 Å². The highest BCUT2D eigenvalue weighted by Gasteiger charge is 2.38. The molecule has 0 radical (unpaired) electrons. The third-order valence-corrected chi connectivity index (χ3v) is 7.26. The summed E-state index contributed by atoms with van der Waals surface area (Å²) in [5.74, 6) is 0.0968. The van der Waals surface area contributed by atoms with Crippen molar-refractivity contribution < 1.29 is 4.74 Å². The van der Waals surface area contributed by atoms with Crippen molar-refractivity contribution >= 4 is 17.5 Å². The van der Waals surface area contributed by atoms with Crippen molar-refractivity contribution in [1.82, 2.24) is 0 Å². The molecule has 0 aliphatic carbocycles. The predicted octanol–water partition coefficient (Wildman–Crippen LogP) is 6.94. The number of benzene rings is 3. The van der Waals surface area contributed by atoms with E-state index in [9.17, 15) is 15.8 Å². The van der Waals surface area contributed by atoms with Crippen molar-refractivity contribution in [2.45, 2.75) is 25.4 Å². The van der Waals surface area contributed by atoms with E-state index in [1.54, 1.807) is 0 Å². The highest BCUT2D eigenvalue weighted by atomic mass is 16.5. The highest BCUT2D eigenvalue weighted by Crippen LogP contribution is 2.40. The van der Waals surface area contributed by atoms with Gasteiger partial charge in [0.2, 0.25) is 0 Å². The number of nitrogens with zero attached hydrogens (tertiary/aromatic N) is 5. The molecule has 3 aromatic rings. The number of nitriles is 3. The van der Waals surface area contributed by atoms with Crippen LogP contribution in [0, 0.1) is 34.0 Å². The van der Waals surface area contributed by atoms with Crippen molar-refractivity contribution in [3.8, 4) is 18.2 Å². The zero-order chi connectivity index (χ0) is 29.7. The summed E-state index contributed by atoms with van der Waals surface area (Å²) in [5.41, 5.74) is 6.61. The zero-order valence-corrected chi connectivity index (χ0v) is 24.3. The van der Waals surface area contributed by atoms with Crippen LogP contribution in [0.1, 0.15) is 42.0 Å². The Morgan fingerprint density at radius 2 is 1.15 bits per heavy atom. The topological polar surface area (TPSA) is 87.1 Å². The van der Waals surface area contributed by atoms with Gasteiger partial charge in [0.15, 0.2) is 11.3 Å². The maximum absolute atomic E-state index is 9.80. The van der Waals surface area contributed by atoms with Gasteiger partial charge in [-0.2, -0.15) is 15.8 Å². The third kappa shape index (κ3) is 6.01. The maximum atomic E-state index is 9.80. The Morgan fingerprint density at radius 1 is 0.707 bits per heavy atom. The molecule has 0 amide bonds. The smallest absolute Gasteiger partial charge is 0.172 e. The first-order valence-electron chi connectivity index (χ1n) is 13.3. The molecule has 6 nitrogen and oxygen atoms in total. The van der Waals surface area contributed by atoms with Gasteiger partial charge in [0.05, 0.1) is 0 Å². The lowest BCUT2D eigenvalue weighted by molar-refractivity contribution is 0.0954. The lowest BCUT2D eigenvalue weighted by atomic mass is 9.84. The van der Waals surface area contributed by atoms with Gasteiger partial charge in [-0.15, -0.1) is 0 Å². The van der Waals surface area contributed by atoms with Crippen LogP contribution in [0.25, 0.3) is 6.08 Å². The van der Waals surface area contributed by atoms with Crippen molar-refractivity contribution in [3.05, 3.63) is 124 Å². The summed E-state index contributed by atoms with van der Waals surface area (Å²) in [5, 5.41) is 28.4. The summed E-state index contributed by atoms with van der Waals surface area (Å²) in [4.78, 5) is 4.19. The third-order valence-electron chi connectivity index (χ3n) is 7.26. The first-order chi connectivity index (χ1) is 19.6. The Labute approximate surface area is 242 Å². The molecular formula is C35H33N5O. The summed E-state index contributed by atoms with van der Waals surface area (Å²) in [6.45, 7) is 3.64. The predicted molar refractivity (Wildman–Crippen MR) is 164 cm³/mol. The molecule has 0 N–H and O–H groups in total. The molecule has 0 atom stereocenters. The van der Waals surface area contributed by atoms with E-state index >= 15 is 0 Å². The van der Waals surface area contributed by atoms with Crippen LogP contribution in [-0.2, 0) is 4.74 Å². The van der Waals surface area contributed by atoms with Crippen LogP contribution in [0.15, 0.2) is 101 Å². The van der Waals surface area contributed by atoms with Gasteiger partial charge >= 0.3 is 0 Å². The fraction of sp³-hybridized carbons (Fsp3) is 0.229. The van der Waals surface area contributed by atoms with Crippen molar-refractivity contribution in [3.63, 3.8) is 0 Å². The van der Waals surface area contributed by atoms with Crippen LogP contribution in [0.2, 0.25) is 0 Å². The number of ether oxygens (including phenoxy) is 1. The number of anilines is 2. The maximum Gasteiger partial charge on any atom is 0.172 e. The fourth-order valence-electron chi connectivity index (χ4n) is 4.97. The summed E-state index contributed by atoms with van der Waals surface area (Å²) in [7, 11) is 8.15. The van der Waals surface area contributed by atoms with Crippen molar-refractivity contribution in [2.24, 2.45) is 0 Å². The molecular weight excluding hydrogens is 506 g/mol. The van der Waals surface area contributed by atoms with E-state index in [4.69, 9.17) is 4.74 Å². The van der Waals surface area contributed by atoms with Gasteiger partial charge in [-0.1, -0.05) is 60.7 Å². The van der Waals surface area contributed by atoms with Gasteiger partial charge in [0.25, 0.3) is 0 Å². The average Bonchev–Trinajstić information content (AvgIpc) is 3.22. The van der Waals surface area contributed by atoms with Crippen LogP contribution in [-0.4, -0.2) is 33.8 Å². The van der Waals surface area contributed by atoms with Crippen LogP contribution in [0.4, 0.5) is 11.4 Å². The molecule has 1 aliphatic heterocycles. The Kier molecular flexibility index (Phi) is 8.32. The van der Waals surface area contributed by atoms with E-state index in [1.807, 2.05) is 66.3 Å². The van der Waals surface area contributed by atoms with E-state index in [-0.39, 0.29) is 22.8 Å². The number of hydrogen-bond acceptors (Lipinski definition) is 6. The van der Waals surface area contributed by atoms with Crippen molar-refractivity contribution in [2.75, 3.05) is 38.0 Å².